The lowest BCUT2D eigenvalue weighted by molar-refractivity contribution is 0.583. The minimum Gasteiger partial charge on any atom is -0.456 e. The number of furan rings is 1. The van der Waals surface area contributed by atoms with Crippen LogP contribution in [0.5, 0.6) is 0 Å². The van der Waals surface area contributed by atoms with Crippen molar-refractivity contribution in [2.45, 2.75) is 6.92 Å². The SMILES string of the molecule is C=Cc1c2ccccc2c2cccc3o/c(=C/C)c1c32. The Morgan fingerprint density at radius 1 is 0.900 bits per heavy atom. The van der Waals surface area contributed by atoms with Gasteiger partial charge in [-0.05, 0) is 40.8 Å². The highest BCUT2D eigenvalue weighted by Gasteiger charge is 2.15. The second kappa shape index (κ2) is 3.97. The van der Waals surface area contributed by atoms with E-state index in [9.17, 15) is 0 Å². The summed E-state index contributed by atoms with van der Waals surface area (Å²) < 4.78 is 6.00. The zero-order valence-corrected chi connectivity index (χ0v) is 11.3. The molecule has 1 heteroatoms. The molecule has 1 aromatic heterocycles. The van der Waals surface area contributed by atoms with Gasteiger partial charge in [0, 0.05) is 10.8 Å². The molecule has 0 aliphatic carbocycles. The second-order valence-electron chi connectivity index (χ2n) is 4.97. The molecule has 0 unspecified atom stereocenters. The predicted octanol–water partition coefficient (Wildman–Crippen LogP) is 4.90. The van der Waals surface area contributed by atoms with Crippen LogP contribution in [-0.2, 0) is 0 Å². The highest BCUT2D eigenvalue weighted by Crippen LogP contribution is 2.36. The Morgan fingerprint density at radius 2 is 1.65 bits per heavy atom. The van der Waals surface area contributed by atoms with Crippen LogP contribution in [0.4, 0.5) is 0 Å². The first-order valence-electron chi connectivity index (χ1n) is 6.79. The highest BCUT2D eigenvalue weighted by molar-refractivity contribution is 6.24. The summed E-state index contributed by atoms with van der Waals surface area (Å²) in [5.74, 6) is 0. The summed E-state index contributed by atoms with van der Waals surface area (Å²) in [6.07, 6.45) is 3.96. The lowest BCUT2D eigenvalue weighted by Gasteiger charge is -2.08. The van der Waals surface area contributed by atoms with E-state index in [-0.39, 0.29) is 0 Å². The zero-order chi connectivity index (χ0) is 13.7. The molecule has 0 bridgehead atoms. The van der Waals surface area contributed by atoms with Gasteiger partial charge < -0.3 is 4.42 Å². The topological polar surface area (TPSA) is 13.1 Å². The Labute approximate surface area is 116 Å². The molecule has 0 aliphatic heterocycles. The maximum absolute atomic E-state index is 6.00. The first-order chi connectivity index (χ1) is 9.85. The van der Waals surface area contributed by atoms with Gasteiger partial charge in [-0.1, -0.05) is 49.1 Å². The van der Waals surface area contributed by atoms with Crippen LogP contribution in [0.2, 0.25) is 0 Å². The number of fused-ring (bicyclic) bond motifs is 2. The van der Waals surface area contributed by atoms with Crippen LogP contribution in [0, 0.1) is 0 Å². The smallest absolute Gasteiger partial charge is 0.136 e. The van der Waals surface area contributed by atoms with Gasteiger partial charge >= 0.3 is 0 Å². The van der Waals surface area contributed by atoms with Crippen molar-refractivity contribution in [2.75, 3.05) is 0 Å². The summed E-state index contributed by atoms with van der Waals surface area (Å²) >= 11 is 0. The normalized spacial score (nSPS) is 12.8. The van der Waals surface area contributed by atoms with Crippen molar-refractivity contribution in [3.05, 3.63) is 60.0 Å². The Hall–Kier alpha value is -2.54. The molecule has 96 valence electrons. The molecule has 20 heavy (non-hydrogen) atoms. The van der Waals surface area contributed by atoms with Gasteiger partial charge in [-0.3, -0.25) is 0 Å². The summed E-state index contributed by atoms with van der Waals surface area (Å²) in [7, 11) is 0. The minimum atomic E-state index is 0.928. The molecule has 1 heterocycles. The van der Waals surface area contributed by atoms with Crippen LogP contribution in [0.1, 0.15) is 12.5 Å². The van der Waals surface area contributed by atoms with Gasteiger partial charge in [0.25, 0.3) is 0 Å². The van der Waals surface area contributed by atoms with E-state index in [2.05, 4.69) is 43.0 Å². The predicted molar refractivity (Wildman–Crippen MR) is 86.7 cm³/mol. The second-order valence-corrected chi connectivity index (χ2v) is 4.97. The van der Waals surface area contributed by atoms with Crippen LogP contribution in [-0.4, -0.2) is 0 Å². The van der Waals surface area contributed by atoms with Crippen molar-refractivity contribution in [3.8, 4) is 0 Å². The van der Waals surface area contributed by atoms with Crippen LogP contribution in [0.15, 0.2) is 53.5 Å². The van der Waals surface area contributed by atoms with Gasteiger partial charge in [0.2, 0.25) is 0 Å². The van der Waals surface area contributed by atoms with E-state index in [4.69, 9.17) is 4.42 Å². The van der Waals surface area contributed by atoms with Crippen molar-refractivity contribution < 1.29 is 4.42 Å². The van der Waals surface area contributed by atoms with E-state index in [1.807, 2.05) is 25.1 Å². The van der Waals surface area contributed by atoms with Gasteiger partial charge in [-0.15, -0.1) is 0 Å². The van der Waals surface area contributed by atoms with Crippen LogP contribution < -0.4 is 5.42 Å². The van der Waals surface area contributed by atoms with E-state index in [1.54, 1.807) is 0 Å². The maximum atomic E-state index is 6.00. The Balaban J connectivity index is 2.52. The van der Waals surface area contributed by atoms with Crippen molar-refractivity contribution >= 4 is 44.7 Å². The van der Waals surface area contributed by atoms with Gasteiger partial charge in [-0.2, -0.15) is 0 Å². The molecule has 4 aromatic rings. The average molecular weight is 258 g/mol. The third kappa shape index (κ3) is 1.27. The van der Waals surface area contributed by atoms with E-state index >= 15 is 0 Å². The Bertz CT molecular complexity index is 1020. The molecule has 1 nitrogen and oxygen atoms in total. The van der Waals surface area contributed by atoms with Gasteiger partial charge in [-0.25, -0.2) is 0 Å². The lowest BCUT2D eigenvalue weighted by Crippen LogP contribution is -1.96. The van der Waals surface area contributed by atoms with Crippen molar-refractivity contribution in [1.29, 1.82) is 0 Å². The summed E-state index contributed by atoms with van der Waals surface area (Å²) in [4.78, 5) is 0. The first-order valence-corrected chi connectivity index (χ1v) is 6.79. The van der Waals surface area contributed by atoms with Crippen molar-refractivity contribution in [2.24, 2.45) is 0 Å². The summed E-state index contributed by atoms with van der Waals surface area (Å²) in [6.45, 7) is 6.01. The molecule has 0 aliphatic rings. The summed E-state index contributed by atoms with van der Waals surface area (Å²) in [5.41, 5.74) is 3.03. The van der Waals surface area contributed by atoms with E-state index in [1.165, 1.54) is 26.9 Å². The zero-order valence-electron chi connectivity index (χ0n) is 11.3. The molecule has 0 amide bonds. The van der Waals surface area contributed by atoms with Crippen LogP contribution >= 0.6 is 0 Å². The standard InChI is InChI=1S/C19H14O/c1-3-12-13-8-5-6-9-14(13)15-10-7-11-17-19(15)18(12)16(4-2)20-17/h3-11H,1H2,2H3/b16-4+. The van der Waals surface area contributed by atoms with Crippen LogP contribution in [0.25, 0.3) is 44.7 Å². The highest BCUT2D eigenvalue weighted by atomic mass is 16.3. The Kier molecular flexibility index (Phi) is 2.25. The molecule has 3 aromatic carbocycles. The number of benzene rings is 3. The summed E-state index contributed by atoms with van der Waals surface area (Å²) in [5, 5.41) is 6.10. The number of hydrogen-bond donors (Lipinski definition) is 0. The third-order valence-electron chi connectivity index (χ3n) is 3.99. The van der Waals surface area contributed by atoms with Gasteiger partial charge in [0.1, 0.15) is 11.0 Å². The summed E-state index contributed by atoms with van der Waals surface area (Å²) in [6, 6.07) is 14.7. The van der Waals surface area contributed by atoms with E-state index in [0.717, 1.165) is 16.6 Å². The third-order valence-corrected chi connectivity index (χ3v) is 3.99. The largest absolute Gasteiger partial charge is 0.456 e. The van der Waals surface area contributed by atoms with E-state index < -0.39 is 0 Å². The lowest BCUT2D eigenvalue weighted by atomic mass is 9.94. The van der Waals surface area contributed by atoms with E-state index in [0.29, 0.717) is 0 Å². The minimum absolute atomic E-state index is 0.928. The fourth-order valence-corrected chi connectivity index (χ4v) is 3.16. The molecular weight excluding hydrogens is 244 g/mol. The molecule has 0 atom stereocenters. The van der Waals surface area contributed by atoms with Gasteiger partial charge in [0.15, 0.2) is 0 Å². The first kappa shape index (κ1) is 11.3. The fourth-order valence-electron chi connectivity index (χ4n) is 3.16. The molecule has 0 saturated carbocycles. The molecule has 0 fully saturated rings. The molecule has 0 radical (unpaired) electrons. The number of hydrogen-bond acceptors (Lipinski definition) is 1. The van der Waals surface area contributed by atoms with Crippen LogP contribution in [0.3, 0.4) is 0 Å². The molecular formula is C19H14O. The molecule has 0 saturated heterocycles. The van der Waals surface area contributed by atoms with Gasteiger partial charge in [0.05, 0.1) is 0 Å². The fraction of sp³-hybridized carbons (Fsp3) is 0.0526. The quantitative estimate of drug-likeness (QED) is 0.442. The van der Waals surface area contributed by atoms with Crippen molar-refractivity contribution in [3.63, 3.8) is 0 Å². The molecule has 4 rings (SSSR count). The molecule has 0 N–H and O–H groups in total. The monoisotopic (exact) mass is 258 g/mol. The van der Waals surface area contributed by atoms with Crippen molar-refractivity contribution in [1.82, 2.24) is 0 Å². The average Bonchev–Trinajstić information content (AvgIpc) is 2.88. The molecule has 0 spiro atoms. The number of rotatable bonds is 1. The maximum Gasteiger partial charge on any atom is 0.136 e. The Morgan fingerprint density at radius 3 is 2.40 bits per heavy atom.